The first-order valence-corrected chi connectivity index (χ1v) is 14.9. The zero-order chi connectivity index (χ0) is 29.2. The first kappa shape index (κ1) is 24.7. The number of para-hydroxylation sites is 4. The molecule has 1 aromatic heterocycles. The van der Waals surface area contributed by atoms with Crippen LogP contribution in [0.25, 0.3) is 49.4 Å². The van der Waals surface area contributed by atoms with Gasteiger partial charge in [0.15, 0.2) is 11.5 Å². The van der Waals surface area contributed by atoms with Gasteiger partial charge in [0.25, 0.3) is 0 Å². The fraction of sp³-hybridized carbons (Fsp3) is 0.0250. The van der Waals surface area contributed by atoms with Crippen LogP contribution >= 0.6 is 0 Å². The van der Waals surface area contributed by atoms with Crippen molar-refractivity contribution in [3.8, 4) is 28.3 Å². The summed E-state index contributed by atoms with van der Waals surface area (Å²) >= 11 is 0. The number of imidazole rings is 1. The van der Waals surface area contributed by atoms with Crippen molar-refractivity contribution in [2.45, 2.75) is 6.92 Å². The molecule has 0 amide bonds. The van der Waals surface area contributed by atoms with Crippen LogP contribution in [-0.4, -0.2) is 9.55 Å². The van der Waals surface area contributed by atoms with E-state index in [4.69, 9.17) is 9.72 Å². The molecule has 0 bridgehead atoms. The van der Waals surface area contributed by atoms with Crippen LogP contribution in [0.3, 0.4) is 0 Å². The second-order valence-electron chi connectivity index (χ2n) is 11.3. The summed E-state index contributed by atoms with van der Waals surface area (Å²) < 4.78 is 8.45. The van der Waals surface area contributed by atoms with E-state index in [0.29, 0.717) is 0 Å². The second kappa shape index (κ2) is 9.58. The molecule has 8 aromatic rings. The molecule has 1 aliphatic rings. The highest BCUT2D eigenvalue weighted by Gasteiger charge is 2.26. The lowest BCUT2D eigenvalue weighted by atomic mass is 9.99. The molecule has 0 N–H and O–H groups in total. The number of aromatic nitrogens is 2. The van der Waals surface area contributed by atoms with Gasteiger partial charge in [-0.15, -0.1) is 0 Å². The maximum absolute atomic E-state index is 6.23. The number of fused-ring (bicyclic) bond motifs is 8. The van der Waals surface area contributed by atoms with Gasteiger partial charge >= 0.3 is 0 Å². The molecule has 44 heavy (non-hydrogen) atoms. The van der Waals surface area contributed by atoms with Gasteiger partial charge in [0.05, 0.1) is 22.4 Å². The first-order valence-electron chi connectivity index (χ1n) is 14.9. The van der Waals surface area contributed by atoms with Crippen LogP contribution in [0.5, 0.6) is 11.5 Å². The number of benzene rings is 7. The molecular formula is C40H27N3O. The molecule has 4 nitrogen and oxygen atoms in total. The molecule has 0 atom stereocenters. The Morgan fingerprint density at radius 1 is 0.523 bits per heavy atom. The number of rotatable bonds is 3. The minimum atomic E-state index is 0.859. The van der Waals surface area contributed by atoms with E-state index in [0.717, 1.165) is 45.3 Å². The molecule has 0 saturated carbocycles. The molecular weight excluding hydrogens is 538 g/mol. The predicted octanol–water partition coefficient (Wildman–Crippen LogP) is 10.9. The predicted molar refractivity (Wildman–Crippen MR) is 181 cm³/mol. The molecule has 4 heteroatoms. The lowest BCUT2D eigenvalue weighted by Crippen LogP contribution is -2.16. The number of ether oxygens (including phenoxy) is 1. The lowest BCUT2D eigenvalue weighted by Gasteiger charge is -2.33. The smallest absolute Gasteiger partial charge is 0.151 e. The Kier molecular flexibility index (Phi) is 5.38. The van der Waals surface area contributed by atoms with Crippen molar-refractivity contribution in [3.05, 3.63) is 151 Å². The Hall–Kier alpha value is -5.87. The quantitative estimate of drug-likeness (QED) is 0.200. The molecule has 1 aliphatic heterocycles. The molecule has 9 rings (SSSR count). The van der Waals surface area contributed by atoms with Crippen molar-refractivity contribution < 1.29 is 4.74 Å². The van der Waals surface area contributed by atoms with Crippen molar-refractivity contribution in [1.82, 2.24) is 9.55 Å². The highest BCUT2D eigenvalue weighted by molar-refractivity contribution is 6.23. The number of hydrogen-bond donors (Lipinski definition) is 0. The summed E-state index contributed by atoms with van der Waals surface area (Å²) in [6, 6.07) is 49.1. The number of nitrogens with zero attached hydrogens (tertiary/aromatic N) is 3. The summed E-state index contributed by atoms with van der Waals surface area (Å²) in [5, 5.41) is 4.87. The van der Waals surface area contributed by atoms with Gasteiger partial charge in [0.2, 0.25) is 0 Å². The van der Waals surface area contributed by atoms with E-state index in [1.807, 2.05) is 30.6 Å². The van der Waals surface area contributed by atoms with Gasteiger partial charge in [0, 0.05) is 22.1 Å². The molecule has 208 valence electrons. The normalized spacial score (nSPS) is 12.3. The Labute approximate surface area is 255 Å². The summed E-state index contributed by atoms with van der Waals surface area (Å²) in [4.78, 5) is 7.20. The van der Waals surface area contributed by atoms with Crippen LogP contribution in [-0.2, 0) is 0 Å². The molecule has 0 unspecified atom stereocenters. The second-order valence-corrected chi connectivity index (χ2v) is 11.3. The Balaban J connectivity index is 1.11. The third-order valence-corrected chi connectivity index (χ3v) is 8.77. The molecule has 0 saturated heterocycles. The summed E-state index contributed by atoms with van der Waals surface area (Å²) in [5.41, 5.74) is 10.0. The van der Waals surface area contributed by atoms with Gasteiger partial charge in [-0.25, -0.2) is 4.98 Å². The minimum Gasteiger partial charge on any atom is -0.453 e. The standard InChI is InChI=1S/C40H27N3O/c1-26-24-28(20-23-34(26)43-35-14-6-8-16-37(35)44-38-17-9-7-15-36(38)43)27-18-21-29(22-19-27)42-25-41-39-32-12-4-2-10-30(32)31-11-3-5-13-33(31)40(39)42/h2-25H,1H3. The fourth-order valence-corrected chi connectivity index (χ4v) is 6.71. The summed E-state index contributed by atoms with van der Waals surface area (Å²) in [6.45, 7) is 2.18. The van der Waals surface area contributed by atoms with Crippen LogP contribution in [0.1, 0.15) is 5.56 Å². The summed E-state index contributed by atoms with van der Waals surface area (Å²) in [6.07, 6.45) is 1.95. The van der Waals surface area contributed by atoms with Crippen molar-refractivity contribution >= 4 is 49.6 Å². The zero-order valence-electron chi connectivity index (χ0n) is 24.1. The van der Waals surface area contributed by atoms with Gasteiger partial charge in [-0.2, -0.15) is 0 Å². The van der Waals surface area contributed by atoms with Crippen molar-refractivity contribution in [3.63, 3.8) is 0 Å². The average molecular weight is 566 g/mol. The first-order chi connectivity index (χ1) is 21.7. The number of anilines is 3. The molecule has 0 spiro atoms. The average Bonchev–Trinajstić information content (AvgIpc) is 3.54. The van der Waals surface area contributed by atoms with Crippen molar-refractivity contribution in [1.29, 1.82) is 0 Å². The highest BCUT2D eigenvalue weighted by Crippen LogP contribution is 2.51. The fourth-order valence-electron chi connectivity index (χ4n) is 6.71. The van der Waals surface area contributed by atoms with Gasteiger partial charge < -0.3 is 9.64 Å². The van der Waals surface area contributed by atoms with E-state index >= 15 is 0 Å². The molecule has 2 heterocycles. The maximum atomic E-state index is 6.23. The van der Waals surface area contributed by atoms with Gasteiger partial charge in [-0.05, 0) is 82.9 Å². The lowest BCUT2D eigenvalue weighted by molar-refractivity contribution is 0.477. The van der Waals surface area contributed by atoms with E-state index < -0.39 is 0 Å². The SMILES string of the molecule is Cc1cc(-c2ccc(-n3cnc4c5ccccc5c5ccccc5c43)cc2)ccc1N1c2ccccc2Oc2ccccc21. The topological polar surface area (TPSA) is 30.3 Å². The van der Waals surface area contributed by atoms with Crippen LogP contribution in [0.4, 0.5) is 17.1 Å². The minimum absolute atomic E-state index is 0.859. The van der Waals surface area contributed by atoms with Gasteiger partial charge in [-0.1, -0.05) is 91.0 Å². The molecule has 0 fully saturated rings. The van der Waals surface area contributed by atoms with Crippen LogP contribution in [0.2, 0.25) is 0 Å². The Bertz CT molecular complexity index is 2340. The number of aryl methyl sites for hydroxylation is 1. The van der Waals surface area contributed by atoms with Crippen LogP contribution in [0, 0.1) is 6.92 Å². The maximum Gasteiger partial charge on any atom is 0.151 e. The Morgan fingerprint density at radius 2 is 1.09 bits per heavy atom. The van der Waals surface area contributed by atoms with Crippen molar-refractivity contribution in [2.75, 3.05) is 4.90 Å². The number of hydrogen-bond acceptors (Lipinski definition) is 3. The van der Waals surface area contributed by atoms with E-state index in [1.54, 1.807) is 0 Å². The highest BCUT2D eigenvalue weighted by atomic mass is 16.5. The van der Waals surface area contributed by atoms with Gasteiger partial charge in [-0.3, -0.25) is 4.57 Å². The van der Waals surface area contributed by atoms with Crippen LogP contribution in [0.15, 0.2) is 146 Å². The molecule has 0 aliphatic carbocycles. The van der Waals surface area contributed by atoms with E-state index in [9.17, 15) is 0 Å². The summed E-state index contributed by atoms with van der Waals surface area (Å²) in [5.74, 6) is 1.72. The van der Waals surface area contributed by atoms with Crippen LogP contribution < -0.4 is 9.64 Å². The third-order valence-electron chi connectivity index (χ3n) is 8.77. The summed E-state index contributed by atoms with van der Waals surface area (Å²) in [7, 11) is 0. The molecule has 7 aromatic carbocycles. The zero-order valence-corrected chi connectivity index (χ0v) is 24.1. The Morgan fingerprint density at radius 3 is 1.77 bits per heavy atom. The van der Waals surface area contributed by atoms with E-state index in [1.165, 1.54) is 38.2 Å². The molecule has 0 radical (unpaired) electrons. The van der Waals surface area contributed by atoms with E-state index in [2.05, 4.69) is 132 Å². The van der Waals surface area contributed by atoms with Gasteiger partial charge in [0.1, 0.15) is 6.33 Å². The van der Waals surface area contributed by atoms with E-state index in [-0.39, 0.29) is 0 Å². The third kappa shape index (κ3) is 3.68. The largest absolute Gasteiger partial charge is 0.453 e. The monoisotopic (exact) mass is 565 g/mol. The van der Waals surface area contributed by atoms with Crippen molar-refractivity contribution in [2.24, 2.45) is 0 Å².